The van der Waals surface area contributed by atoms with Crippen molar-refractivity contribution in [3.05, 3.63) is 65.8 Å². The fraction of sp³-hybridized carbons (Fsp3) is 0.462. The molecule has 1 aromatic carbocycles. The van der Waals surface area contributed by atoms with Crippen molar-refractivity contribution in [1.82, 2.24) is 14.7 Å². The van der Waals surface area contributed by atoms with Crippen LogP contribution in [-0.2, 0) is 38.8 Å². The van der Waals surface area contributed by atoms with Crippen LogP contribution in [0.5, 0.6) is 0 Å². The van der Waals surface area contributed by atoms with Crippen molar-refractivity contribution < 1.29 is 43.9 Å². The summed E-state index contributed by atoms with van der Waals surface area (Å²) in [5.74, 6) is -5.22. The Morgan fingerprint density at radius 3 is 2.32 bits per heavy atom. The van der Waals surface area contributed by atoms with Gasteiger partial charge in [-0.2, -0.15) is 5.10 Å². The van der Waals surface area contributed by atoms with Crippen LogP contribution in [0.2, 0.25) is 0 Å². The second-order valence-electron chi connectivity index (χ2n) is 9.13. The molecule has 0 bridgehead atoms. The number of nitrogens with zero attached hydrogens (tertiary/aromatic N) is 3. The number of aromatic nitrogens is 2. The van der Waals surface area contributed by atoms with Crippen LogP contribution in [0.1, 0.15) is 42.5 Å². The zero-order chi connectivity index (χ0) is 28.3. The first-order valence-corrected chi connectivity index (χ1v) is 12.0. The summed E-state index contributed by atoms with van der Waals surface area (Å²) in [6, 6.07) is 6.75. The molecule has 1 unspecified atom stereocenters. The second kappa shape index (κ2) is 14.4. The van der Waals surface area contributed by atoms with Gasteiger partial charge in [-0.3, -0.25) is 19.2 Å². The number of allylic oxidation sites excluding steroid dienone is 1. The summed E-state index contributed by atoms with van der Waals surface area (Å²) in [5, 5.41) is 38.3. The van der Waals surface area contributed by atoms with Gasteiger partial charge in [0.25, 0.3) is 0 Å². The van der Waals surface area contributed by atoms with E-state index in [0.717, 1.165) is 56.9 Å². The molecule has 0 saturated carbocycles. The molecule has 0 amide bonds. The number of hydrogen-bond donors (Lipinski definition) is 4. The zero-order valence-corrected chi connectivity index (χ0v) is 21.3. The highest BCUT2D eigenvalue weighted by atomic mass is 19.1. The van der Waals surface area contributed by atoms with E-state index in [0.29, 0.717) is 0 Å². The molecule has 1 aliphatic rings. The average molecular weight is 536 g/mol. The monoisotopic (exact) mass is 535 g/mol. The van der Waals surface area contributed by atoms with E-state index in [1.54, 1.807) is 0 Å². The number of benzene rings is 1. The van der Waals surface area contributed by atoms with Crippen molar-refractivity contribution in [2.24, 2.45) is 0 Å². The van der Waals surface area contributed by atoms with Gasteiger partial charge in [0.15, 0.2) is 5.60 Å². The molecule has 1 atom stereocenters. The van der Waals surface area contributed by atoms with Gasteiger partial charge < -0.3 is 25.2 Å². The van der Waals surface area contributed by atoms with Crippen molar-refractivity contribution in [3.63, 3.8) is 0 Å². The lowest BCUT2D eigenvalue weighted by Gasteiger charge is -2.25. The lowest BCUT2D eigenvalue weighted by atomic mass is 9.96. The van der Waals surface area contributed by atoms with Gasteiger partial charge in [-0.25, -0.2) is 9.18 Å². The van der Waals surface area contributed by atoms with Crippen molar-refractivity contribution >= 4 is 17.9 Å². The van der Waals surface area contributed by atoms with Crippen LogP contribution in [0.4, 0.5) is 4.39 Å². The van der Waals surface area contributed by atoms with Gasteiger partial charge >= 0.3 is 17.9 Å². The van der Waals surface area contributed by atoms with Crippen molar-refractivity contribution in [1.29, 1.82) is 0 Å². The third kappa shape index (κ3) is 9.69. The van der Waals surface area contributed by atoms with E-state index >= 15 is 0 Å². The quantitative estimate of drug-likeness (QED) is 0.280. The van der Waals surface area contributed by atoms with Crippen LogP contribution >= 0.6 is 0 Å². The van der Waals surface area contributed by atoms with Gasteiger partial charge in [-0.05, 0) is 37.5 Å². The molecular formula is C26H34FN3O8. The minimum atomic E-state index is -2.74. The Morgan fingerprint density at radius 1 is 1.18 bits per heavy atom. The van der Waals surface area contributed by atoms with Gasteiger partial charge in [0.1, 0.15) is 5.82 Å². The first kappa shape index (κ1) is 30.6. The smallest absolute Gasteiger partial charge is 0.336 e. The summed E-state index contributed by atoms with van der Waals surface area (Å²) < 4.78 is 21.0. The normalized spacial score (nSPS) is 15.1. The SMILES string of the molecule is C=CCn1ncc(CN(Cc2ccc(F)cc2)CC2CCCO2)c1C.O=C(O)CC(O)(CC(=O)O)C(=O)O. The molecule has 3 rings (SSSR count). The van der Waals surface area contributed by atoms with Crippen molar-refractivity contribution in [3.8, 4) is 0 Å². The molecule has 11 nitrogen and oxygen atoms in total. The Hall–Kier alpha value is -3.61. The number of aliphatic carboxylic acids is 3. The topological polar surface area (TPSA) is 162 Å². The van der Waals surface area contributed by atoms with E-state index in [2.05, 4.69) is 23.5 Å². The minimum absolute atomic E-state index is 0.198. The molecule has 4 N–H and O–H groups in total. The van der Waals surface area contributed by atoms with Gasteiger partial charge in [0, 0.05) is 37.5 Å². The van der Waals surface area contributed by atoms with Gasteiger partial charge in [-0.1, -0.05) is 18.2 Å². The van der Waals surface area contributed by atoms with Crippen LogP contribution in [0, 0.1) is 12.7 Å². The summed E-state index contributed by atoms with van der Waals surface area (Å²) in [7, 11) is 0. The highest BCUT2D eigenvalue weighted by Crippen LogP contribution is 2.19. The summed E-state index contributed by atoms with van der Waals surface area (Å²) >= 11 is 0. The predicted molar refractivity (Wildman–Crippen MR) is 134 cm³/mol. The number of carbonyl (C=O) groups is 3. The second-order valence-corrected chi connectivity index (χ2v) is 9.13. The van der Waals surface area contributed by atoms with Gasteiger partial charge in [-0.15, -0.1) is 6.58 Å². The maximum absolute atomic E-state index is 13.2. The number of hydrogen-bond acceptors (Lipinski definition) is 7. The lowest BCUT2D eigenvalue weighted by Crippen LogP contribution is -2.42. The van der Waals surface area contributed by atoms with E-state index in [9.17, 15) is 18.8 Å². The van der Waals surface area contributed by atoms with E-state index < -0.39 is 36.4 Å². The average Bonchev–Trinajstić information content (AvgIpc) is 3.45. The molecule has 38 heavy (non-hydrogen) atoms. The first-order chi connectivity index (χ1) is 17.9. The van der Waals surface area contributed by atoms with Crippen molar-refractivity contribution in [2.45, 2.75) is 63.9 Å². The third-order valence-electron chi connectivity index (χ3n) is 5.99. The molecule has 1 aromatic heterocycles. The van der Waals surface area contributed by atoms with Crippen LogP contribution in [0.3, 0.4) is 0 Å². The summed E-state index contributed by atoms with van der Waals surface area (Å²) in [6.45, 7) is 9.90. The maximum Gasteiger partial charge on any atom is 0.336 e. The van der Waals surface area contributed by atoms with Crippen LogP contribution in [-0.4, -0.2) is 77.9 Å². The summed E-state index contributed by atoms with van der Waals surface area (Å²) in [5.41, 5.74) is 0.742. The van der Waals surface area contributed by atoms with Crippen LogP contribution in [0.15, 0.2) is 43.1 Å². The largest absolute Gasteiger partial charge is 0.481 e. The van der Waals surface area contributed by atoms with E-state index in [1.807, 2.05) is 29.1 Å². The molecule has 12 heteroatoms. The fourth-order valence-corrected chi connectivity index (χ4v) is 4.01. The molecule has 0 spiro atoms. The zero-order valence-electron chi connectivity index (χ0n) is 21.3. The highest BCUT2D eigenvalue weighted by Gasteiger charge is 2.40. The number of rotatable bonds is 13. The van der Waals surface area contributed by atoms with E-state index in [-0.39, 0.29) is 11.9 Å². The van der Waals surface area contributed by atoms with Gasteiger partial charge in [0.05, 0.1) is 31.7 Å². The van der Waals surface area contributed by atoms with E-state index in [1.165, 1.54) is 17.7 Å². The van der Waals surface area contributed by atoms with Crippen LogP contribution < -0.4 is 0 Å². The number of carboxylic acids is 3. The van der Waals surface area contributed by atoms with E-state index in [4.69, 9.17) is 25.2 Å². The Kier molecular flexibility index (Phi) is 11.6. The number of carboxylic acid groups (broad SMARTS) is 3. The molecule has 1 saturated heterocycles. The van der Waals surface area contributed by atoms with Crippen LogP contribution in [0.25, 0.3) is 0 Å². The Balaban J connectivity index is 0.000000332. The molecule has 2 heterocycles. The maximum atomic E-state index is 13.2. The fourth-order valence-electron chi connectivity index (χ4n) is 4.01. The minimum Gasteiger partial charge on any atom is -0.481 e. The molecule has 1 fully saturated rings. The van der Waals surface area contributed by atoms with Gasteiger partial charge in [0.2, 0.25) is 0 Å². The number of halogens is 1. The standard InChI is InChI=1S/C20H26FN3O.C6H8O7/c1-3-10-24-16(2)18(12-22-24)14-23(15-20-5-4-11-25-20)13-17-6-8-19(21)9-7-17;7-3(8)1-6(13,5(11)12)2-4(9)10/h3,6-9,12,20H,1,4-5,10-11,13-15H2,2H3;13H,1-2H2,(H,7,8)(H,9,10)(H,11,12). The number of ether oxygens (including phenoxy) is 1. The number of aliphatic hydroxyl groups is 1. The third-order valence-corrected chi connectivity index (χ3v) is 5.99. The Bertz CT molecular complexity index is 1080. The molecule has 2 aromatic rings. The van der Waals surface area contributed by atoms with Crippen molar-refractivity contribution in [2.75, 3.05) is 13.2 Å². The molecular weight excluding hydrogens is 501 g/mol. The summed E-state index contributed by atoms with van der Waals surface area (Å²) in [6.07, 6.45) is 4.02. The summed E-state index contributed by atoms with van der Waals surface area (Å²) in [4.78, 5) is 32.9. The highest BCUT2D eigenvalue weighted by molar-refractivity contribution is 5.88. The molecule has 0 aliphatic carbocycles. The Morgan fingerprint density at radius 2 is 1.82 bits per heavy atom. The molecule has 1 aliphatic heterocycles. The Labute approximate surface area is 219 Å². The predicted octanol–water partition coefficient (Wildman–Crippen LogP) is 2.45. The lowest BCUT2D eigenvalue weighted by molar-refractivity contribution is -0.170. The molecule has 208 valence electrons. The first-order valence-electron chi connectivity index (χ1n) is 12.0. The molecule has 0 radical (unpaired) electrons.